The van der Waals surface area contributed by atoms with Crippen LogP contribution in [0.25, 0.3) is 5.57 Å². The third-order valence-corrected chi connectivity index (χ3v) is 4.16. The zero-order valence-corrected chi connectivity index (χ0v) is 13.4. The van der Waals surface area contributed by atoms with Gasteiger partial charge in [0.05, 0.1) is 22.8 Å². The number of hydrogen-bond donors (Lipinski definition) is 2. The Kier molecular flexibility index (Phi) is 4.73. The zero-order valence-electron chi connectivity index (χ0n) is 13.4. The summed E-state index contributed by atoms with van der Waals surface area (Å²) in [4.78, 5) is 0. The summed E-state index contributed by atoms with van der Waals surface area (Å²) in [6.07, 6.45) is 0.898. The smallest absolute Gasteiger partial charge is 0.102 e. The van der Waals surface area contributed by atoms with Crippen LogP contribution >= 0.6 is 0 Å². The molecule has 2 unspecified atom stereocenters. The Labute approximate surface area is 141 Å². The molecule has 0 spiro atoms. The van der Waals surface area contributed by atoms with E-state index in [9.17, 15) is 15.8 Å². The fourth-order valence-electron chi connectivity index (χ4n) is 2.69. The molecule has 1 saturated carbocycles. The van der Waals surface area contributed by atoms with Gasteiger partial charge in [-0.05, 0) is 18.4 Å². The molecule has 0 aliphatic heterocycles. The topological polar surface area (TPSA) is 123 Å². The number of allylic oxidation sites excluding steroid dienone is 4. The van der Waals surface area contributed by atoms with E-state index < -0.39 is 0 Å². The zero-order chi connectivity index (χ0) is 17.9. The van der Waals surface area contributed by atoms with E-state index in [1.807, 2.05) is 13.0 Å². The minimum absolute atomic E-state index is 0.0321. The van der Waals surface area contributed by atoms with Gasteiger partial charge in [0.25, 0.3) is 0 Å². The van der Waals surface area contributed by atoms with Gasteiger partial charge in [-0.3, -0.25) is 0 Å². The summed E-state index contributed by atoms with van der Waals surface area (Å²) in [5, 5.41) is 28.6. The number of nitrogens with two attached hydrogens (primary N) is 2. The van der Waals surface area contributed by atoms with Crippen LogP contribution in [0.2, 0.25) is 0 Å². The van der Waals surface area contributed by atoms with E-state index >= 15 is 0 Å². The Bertz CT molecular complexity index is 884. The standard InChI is InChI=1S/C19H17N5/c1-11-7-15(11)19(24)17(10-22)18(16(9-21)12(2)23)14-6-4-3-5-13(14)8-20/h3-6,11,15H,2,7,23-24H2,1H3/b18-16-,19-17+. The highest BCUT2D eigenvalue weighted by Crippen LogP contribution is 2.45. The van der Waals surface area contributed by atoms with Crippen LogP contribution in [-0.4, -0.2) is 0 Å². The lowest BCUT2D eigenvalue weighted by atomic mass is 9.88. The molecule has 0 saturated heterocycles. The molecule has 1 aromatic rings. The molecule has 2 atom stereocenters. The molecule has 5 nitrogen and oxygen atoms in total. The third-order valence-electron chi connectivity index (χ3n) is 4.16. The second-order valence-corrected chi connectivity index (χ2v) is 5.81. The fraction of sp³-hybridized carbons (Fsp3) is 0.211. The van der Waals surface area contributed by atoms with Crippen LogP contribution in [0.4, 0.5) is 0 Å². The van der Waals surface area contributed by atoms with Crippen molar-refractivity contribution in [1.29, 1.82) is 15.8 Å². The van der Waals surface area contributed by atoms with Gasteiger partial charge < -0.3 is 11.5 Å². The van der Waals surface area contributed by atoms with Gasteiger partial charge in [0, 0.05) is 28.4 Å². The molecule has 2 rings (SSSR count). The van der Waals surface area contributed by atoms with Gasteiger partial charge in [0.15, 0.2) is 0 Å². The van der Waals surface area contributed by atoms with E-state index in [4.69, 9.17) is 11.5 Å². The van der Waals surface area contributed by atoms with Crippen molar-refractivity contribution < 1.29 is 0 Å². The molecule has 0 heterocycles. The van der Waals surface area contributed by atoms with Crippen molar-refractivity contribution in [3.8, 4) is 18.2 Å². The summed E-state index contributed by atoms with van der Waals surface area (Å²) in [5.41, 5.74) is 13.8. The molecule has 4 N–H and O–H groups in total. The van der Waals surface area contributed by atoms with Gasteiger partial charge >= 0.3 is 0 Å². The summed E-state index contributed by atoms with van der Waals surface area (Å²) in [5.74, 6) is 0.502. The van der Waals surface area contributed by atoms with E-state index in [0.717, 1.165) is 6.42 Å². The van der Waals surface area contributed by atoms with Crippen molar-refractivity contribution in [2.45, 2.75) is 13.3 Å². The summed E-state index contributed by atoms with van der Waals surface area (Å²) >= 11 is 0. The van der Waals surface area contributed by atoms with Crippen LogP contribution in [0.15, 0.2) is 53.4 Å². The van der Waals surface area contributed by atoms with Gasteiger partial charge in [-0.25, -0.2) is 0 Å². The molecule has 1 fully saturated rings. The summed E-state index contributed by atoms with van der Waals surface area (Å²) in [7, 11) is 0. The molecule has 0 radical (unpaired) electrons. The molecule has 1 aliphatic rings. The first kappa shape index (κ1) is 16.9. The number of benzene rings is 1. The van der Waals surface area contributed by atoms with Crippen molar-refractivity contribution in [2.75, 3.05) is 0 Å². The van der Waals surface area contributed by atoms with Crippen LogP contribution < -0.4 is 11.5 Å². The van der Waals surface area contributed by atoms with E-state index in [1.54, 1.807) is 24.3 Å². The average Bonchev–Trinajstić information content (AvgIpc) is 3.31. The van der Waals surface area contributed by atoms with Gasteiger partial charge in [-0.15, -0.1) is 0 Å². The van der Waals surface area contributed by atoms with Crippen LogP contribution in [0.1, 0.15) is 24.5 Å². The van der Waals surface area contributed by atoms with Crippen LogP contribution in [0.5, 0.6) is 0 Å². The highest BCUT2D eigenvalue weighted by atomic mass is 14.7. The monoisotopic (exact) mass is 315 g/mol. The summed E-state index contributed by atoms with van der Waals surface area (Å²) < 4.78 is 0. The average molecular weight is 315 g/mol. The van der Waals surface area contributed by atoms with Crippen molar-refractivity contribution in [3.05, 3.63) is 64.5 Å². The normalized spacial score (nSPS) is 20.6. The second-order valence-electron chi connectivity index (χ2n) is 5.81. The van der Waals surface area contributed by atoms with Crippen molar-refractivity contribution in [1.82, 2.24) is 0 Å². The number of rotatable bonds is 4. The predicted octanol–water partition coefficient (Wildman–Crippen LogP) is 2.70. The lowest BCUT2D eigenvalue weighted by Gasteiger charge is -2.14. The lowest BCUT2D eigenvalue weighted by molar-refractivity contribution is 0.841. The maximum Gasteiger partial charge on any atom is 0.102 e. The van der Waals surface area contributed by atoms with E-state index in [2.05, 4.69) is 18.7 Å². The summed E-state index contributed by atoms with van der Waals surface area (Å²) in [6, 6.07) is 12.9. The molecule has 0 bridgehead atoms. The van der Waals surface area contributed by atoms with Gasteiger partial charge in [0.2, 0.25) is 0 Å². The molecule has 1 aliphatic carbocycles. The first-order chi connectivity index (χ1) is 11.5. The molecule has 24 heavy (non-hydrogen) atoms. The Morgan fingerprint density at radius 1 is 1.12 bits per heavy atom. The Morgan fingerprint density at radius 2 is 1.71 bits per heavy atom. The quantitative estimate of drug-likeness (QED) is 0.653. The molecular formula is C19H17N5. The second kappa shape index (κ2) is 6.73. The minimum atomic E-state index is 0.0321. The van der Waals surface area contributed by atoms with Gasteiger partial charge in [-0.2, -0.15) is 15.8 Å². The van der Waals surface area contributed by atoms with Gasteiger partial charge in [-0.1, -0.05) is 31.7 Å². The highest BCUT2D eigenvalue weighted by molar-refractivity contribution is 5.91. The molecule has 0 aromatic heterocycles. The van der Waals surface area contributed by atoms with E-state index in [1.165, 1.54) is 0 Å². The fourth-order valence-corrected chi connectivity index (χ4v) is 2.69. The molecule has 1 aromatic carbocycles. The molecule has 5 heteroatoms. The first-order valence-electron chi connectivity index (χ1n) is 7.44. The molecule has 118 valence electrons. The maximum atomic E-state index is 9.70. The van der Waals surface area contributed by atoms with Crippen LogP contribution in [0, 0.1) is 45.8 Å². The first-order valence-corrected chi connectivity index (χ1v) is 7.44. The van der Waals surface area contributed by atoms with Crippen LogP contribution in [0.3, 0.4) is 0 Å². The van der Waals surface area contributed by atoms with Crippen molar-refractivity contribution in [2.24, 2.45) is 23.3 Å². The predicted molar refractivity (Wildman–Crippen MR) is 91.1 cm³/mol. The SMILES string of the molecule is C=C(N)/C(C#N)=C(\C(C#N)=C(\N)C1CC1C)c1ccccc1C#N. The number of hydrogen-bond acceptors (Lipinski definition) is 5. The summed E-state index contributed by atoms with van der Waals surface area (Å²) in [6.45, 7) is 5.67. The maximum absolute atomic E-state index is 9.70. The van der Waals surface area contributed by atoms with E-state index in [-0.39, 0.29) is 28.3 Å². The Morgan fingerprint density at radius 3 is 2.17 bits per heavy atom. The van der Waals surface area contributed by atoms with E-state index in [0.29, 0.717) is 22.7 Å². The molecular weight excluding hydrogens is 298 g/mol. The third kappa shape index (κ3) is 3.00. The lowest BCUT2D eigenvalue weighted by Crippen LogP contribution is -2.10. The Balaban J connectivity index is 2.85. The number of nitriles is 3. The molecule has 0 amide bonds. The van der Waals surface area contributed by atoms with Crippen molar-refractivity contribution in [3.63, 3.8) is 0 Å². The minimum Gasteiger partial charge on any atom is -0.401 e. The number of nitrogens with zero attached hydrogens (tertiary/aromatic N) is 3. The van der Waals surface area contributed by atoms with Crippen molar-refractivity contribution >= 4 is 5.57 Å². The Hall–Kier alpha value is -3.49. The van der Waals surface area contributed by atoms with Gasteiger partial charge in [0.1, 0.15) is 12.1 Å². The largest absolute Gasteiger partial charge is 0.401 e. The van der Waals surface area contributed by atoms with Crippen LogP contribution in [-0.2, 0) is 0 Å². The highest BCUT2D eigenvalue weighted by Gasteiger charge is 2.37.